The van der Waals surface area contributed by atoms with Crippen molar-refractivity contribution in [3.8, 4) is 0 Å². The number of carbonyl (C=O) groups excluding carboxylic acids is 1. The Morgan fingerprint density at radius 2 is 2.06 bits per heavy atom. The SMILES string of the molecule is CCCN(CC)C(=O)c1cc(N)cc([N+](=O)[O-])c1. The van der Waals surface area contributed by atoms with Gasteiger partial charge in [0.05, 0.1) is 4.92 Å². The fourth-order valence-electron chi connectivity index (χ4n) is 1.72. The summed E-state index contributed by atoms with van der Waals surface area (Å²) >= 11 is 0. The molecular weight excluding hydrogens is 234 g/mol. The van der Waals surface area contributed by atoms with Crippen molar-refractivity contribution in [2.24, 2.45) is 0 Å². The van der Waals surface area contributed by atoms with Crippen molar-refractivity contribution in [3.63, 3.8) is 0 Å². The zero-order valence-electron chi connectivity index (χ0n) is 10.5. The maximum Gasteiger partial charge on any atom is 0.272 e. The first-order valence-corrected chi connectivity index (χ1v) is 5.83. The molecule has 0 aliphatic heterocycles. The van der Waals surface area contributed by atoms with Crippen molar-refractivity contribution in [1.82, 2.24) is 4.90 Å². The van der Waals surface area contributed by atoms with Gasteiger partial charge in [-0.15, -0.1) is 0 Å². The van der Waals surface area contributed by atoms with Gasteiger partial charge in [0, 0.05) is 36.5 Å². The molecule has 1 amide bonds. The predicted molar refractivity (Wildman–Crippen MR) is 69.4 cm³/mol. The van der Waals surface area contributed by atoms with Crippen LogP contribution in [0.25, 0.3) is 0 Å². The van der Waals surface area contributed by atoms with Crippen molar-refractivity contribution < 1.29 is 9.72 Å². The highest BCUT2D eigenvalue weighted by molar-refractivity contribution is 5.95. The van der Waals surface area contributed by atoms with Gasteiger partial charge in [-0.05, 0) is 19.4 Å². The Labute approximate surface area is 106 Å². The van der Waals surface area contributed by atoms with E-state index < -0.39 is 4.92 Å². The molecule has 2 N–H and O–H groups in total. The molecule has 0 fully saturated rings. The molecule has 0 unspecified atom stereocenters. The lowest BCUT2D eigenvalue weighted by atomic mass is 10.1. The summed E-state index contributed by atoms with van der Waals surface area (Å²) < 4.78 is 0. The van der Waals surface area contributed by atoms with E-state index in [-0.39, 0.29) is 22.8 Å². The van der Waals surface area contributed by atoms with E-state index in [1.54, 1.807) is 4.90 Å². The Kier molecular flexibility index (Phi) is 4.65. The first kappa shape index (κ1) is 14.0. The van der Waals surface area contributed by atoms with Gasteiger partial charge in [0.1, 0.15) is 0 Å². The van der Waals surface area contributed by atoms with Gasteiger partial charge in [-0.2, -0.15) is 0 Å². The molecule has 18 heavy (non-hydrogen) atoms. The van der Waals surface area contributed by atoms with Crippen LogP contribution in [0.4, 0.5) is 11.4 Å². The van der Waals surface area contributed by atoms with Gasteiger partial charge < -0.3 is 10.6 Å². The Balaban J connectivity index is 3.08. The van der Waals surface area contributed by atoms with Gasteiger partial charge in [0.25, 0.3) is 11.6 Å². The van der Waals surface area contributed by atoms with Gasteiger partial charge in [0.15, 0.2) is 0 Å². The second-order valence-corrected chi connectivity index (χ2v) is 3.96. The molecule has 0 aliphatic rings. The third-order valence-electron chi connectivity index (χ3n) is 2.56. The Morgan fingerprint density at radius 3 is 2.56 bits per heavy atom. The van der Waals surface area contributed by atoms with Crippen LogP contribution < -0.4 is 5.73 Å². The second kappa shape index (κ2) is 6.00. The number of benzene rings is 1. The number of nitrogens with zero attached hydrogens (tertiary/aromatic N) is 2. The fraction of sp³-hybridized carbons (Fsp3) is 0.417. The quantitative estimate of drug-likeness (QED) is 0.492. The third kappa shape index (κ3) is 3.19. The molecular formula is C12H17N3O3. The molecule has 0 heterocycles. The molecule has 1 aromatic rings. The van der Waals surface area contributed by atoms with E-state index in [1.807, 2.05) is 13.8 Å². The number of nitrogen functional groups attached to an aromatic ring is 1. The molecule has 0 spiro atoms. The summed E-state index contributed by atoms with van der Waals surface area (Å²) in [4.78, 5) is 23.9. The van der Waals surface area contributed by atoms with Crippen molar-refractivity contribution in [3.05, 3.63) is 33.9 Å². The van der Waals surface area contributed by atoms with Crippen LogP contribution >= 0.6 is 0 Å². The monoisotopic (exact) mass is 251 g/mol. The summed E-state index contributed by atoms with van der Waals surface area (Å²) in [6, 6.07) is 3.97. The van der Waals surface area contributed by atoms with Crippen LogP contribution in [0, 0.1) is 10.1 Å². The lowest BCUT2D eigenvalue weighted by Gasteiger charge is -2.20. The lowest BCUT2D eigenvalue weighted by Crippen LogP contribution is -2.31. The molecule has 1 rings (SSSR count). The van der Waals surface area contributed by atoms with Crippen LogP contribution in [0.2, 0.25) is 0 Å². The zero-order valence-corrected chi connectivity index (χ0v) is 10.5. The zero-order chi connectivity index (χ0) is 13.7. The maximum atomic E-state index is 12.1. The number of carbonyl (C=O) groups is 1. The minimum absolute atomic E-state index is 0.161. The van der Waals surface area contributed by atoms with Crippen LogP contribution in [-0.4, -0.2) is 28.8 Å². The van der Waals surface area contributed by atoms with Crippen LogP contribution in [0.5, 0.6) is 0 Å². The fourth-order valence-corrected chi connectivity index (χ4v) is 1.72. The van der Waals surface area contributed by atoms with Crippen LogP contribution in [-0.2, 0) is 0 Å². The van der Waals surface area contributed by atoms with E-state index >= 15 is 0 Å². The van der Waals surface area contributed by atoms with Crippen LogP contribution in [0.3, 0.4) is 0 Å². The topological polar surface area (TPSA) is 89.5 Å². The van der Waals surface area contributed by atoms with Crippen molar-refractivity contribution in [2.75, 3.05) is 18.8 Å². The predicted octanol–water partition coefficient (Wildman–Crippen LogP) is 2.05. The Hall–Kier alpha value is -2.11. The average molecular weight is 251 g/mol. The Morgan fingerprint density at radius 1 is 1.39 bits per heavy atom. The van der Waals surface area contributed by atoms with E-state index in [1.165, 1.54) is 18.2 Å². The summed E-state index contributed by atoms with van der Waals surface area (Å²) in [5.41, 5.74) is 5.90. The summed E-state index contributed by atoms with van der Waals surface area (Å²) in [7, 11) is 0. The minimum Gasteiger partial charge on any atom is -0.399 e. The van der Waals surface area contributed by atoms with Gasteiger partial charge in [-0.25, -0.2) is 0 Å². The van der Waals surface area contributed by atoms with Gasteiger partial charge in [-0.1, -0.05) is 6.92 Å². The van der Waals surface area contributed by atoms with Crippen LogP contribution in [0.1, 0.15) is 30.6 Å². The molecule has 0 aliphatic carbocycles. The van der Waals surface area contributed by atoms with E-state index in [4.69, 9.17) is 5.73 Å². The van der Waals surface area contributed by atoms with E-state index in [9.17, 15) is 14.9 Å². The number of amides is 1. The number of anilines is 1. The molecule has 0 saturated heterocycles. The highest BCUT2D eigenvalue weighted by Gasteiger charge is 2.17. The van der Waals surface area contributed by atoms with Crippen LogP contribution in [0.15, 0.2) is 18.2 Å². The standard InChI is InChI=1S/C12H17N3O3/c1-3-5-14(4-2)12(16)9-6-10(13)8-11(7-9)15(17)18/h6-8H,3-5,13H2,1-2H3. The van der Waals surface area contributed by atoms with Crippen molar-refractivity contribution in [1.29, 1.82) is 0 Å². The number of nitro benzene ring substituents is 1. The summed E-state index contributed by atoms with van der Waals surface area (Å²) in [5, 5.41) is 10.7. The maximum absolute atomic E-state index is 12.1. The number of nitrogens with two attached hydrogens (primary N) is 1. The van der Waals surface area contributed by atoms with Gasteiger partial charge in [-0.3, -0.25) is 14.9 Å². The van der Waals surface area contributed by atoms with Gasteiger partial charge in [0.2, 0.25) is 0 Å². The van der Waals surface area contributed by atoms with Crippen molar-refractivity contribution >= 4 is 17.3 Å². The number of hydrogen-bond acceptors (Lipinski definition) is 4. The highest BCUT2D eigenvalue weighted by Crippen LogP contribution is 2.20. The number of rotatable bonds is 5. The summed E-state index contributed by atoms with van der Waals surface area (Å²) in [5.74, 6) is -0.227. The van der Waals surface area contributed by atoms with E-state index in [2.05, 4.69) is 0 Å². The largest absolute Gasteiger partial charge is 0.399 e. The van der Waals surface area contributed by atoms with Gasteiger partial charge >= 0.3 is 0 Å². The lowest BCUT2D eigenvalue weighted by molar-refractivity contribution is -0.384. The molecule has 0 radical (unpaired) electrons. The first-order chi connectivity index (χ1) is 8.49. The first-order valence-electron chi connectivity index (χ1n) is 5.83. The molecule has 6 heteroatoms. The average Bonchev–Trinajstić information content (AvgIpc) is 2.34. The normalized spacial score (nSPS) is 10.1. The number of nitro groups is 1. The molecule has 98 valence electrons. The van der Waals surface area contributed by atoms with E-state index in [0.29, 0.717) is 13.1 Å². The molecule has 1 aromatic carbocycles. The second-order valence-electron chi connectivity index (χ2n) is 3.96. The molecule has 0 bridgehead atoms. The van der Waals surface area contributed by atoms with E-state index in [0.717, 1.165) is 6.42 Å². The molecule has 6 nitrogen and oxygen atoms in total. The summed E-state index contributed by atoms with van der Waals surface area (Å²) in [6.07, 6.45) is 0.837. The highest BCUT2D eigenvalue weighted by atomic mass is 16.6. The summed E-state index contributed by atoms with van der Waals surface area (Å²) in [6.45, 7) is 5.03. The number of non-ortho nitro benzene ring substituents is 1. The number of hydrogen-bond donors (Lipinski definition) is 1. The minimum atomic E-state index is -0.552. The van der Waals surface area contributed by atoms with Crippen molar-refractivity contribution in [2.45, 2.75) is 20.3 Å². The molecule has 0 saturated carbocycles. The smallest absolute Gasteiger partial charge is 0.272 e. The third-order valence-corrected chi connectivity index (χ3v) is 2.56. The molecule has 0 aromatic heterocycles. The Bertz CT molecular complexity index is 460. The molecule has 0 atom stereocenters.